The minimum atomic E-state index is -0.971. The Labute approximate surface area is 165 Å². The Kier molecular flexibility index (Phi) is 7.71. The van der Waals surface area contributed by atoms with E-state index in [2.05, 4.69) is 6.58 Å². The van der Waals surface area contributed by atoms with Gasteiger partial charge in [0.2, 0.25) is 0 Å². The van der Waals surface area contributed by atoms with Crippen LogP contribution in [0.15, 0.2) is 35.5 Å². The van der Waals surface area contributed by atoms with Gasteiger partial charge in [-0.2, -0.15) is 0 Å². The van der Waals surface area contributed by atoms with Crippen LogP contribution in [-0.4, -0.2) is 55.4 Å². The Hall–Kier alpha value is -2.25. The highest BCUT2D eigenvalue weighted by atomic mass is 16.6. The number of carbonyl (C=O) groups excluding carboxylic acids is 3. The van der Waals surface area contributed by atoms with E-state index in [0.717, 1.165) is 0 Å². The third kappa shape index (κ3) is 4.59. The third-order valence-corrected chi connectivity index (χ3v) is 5.35. The SMILES string of the molecule is C=C1C(=O)OC2/C=C(/CO)CC/C=C(/C=O)C(OC)C(OC(=O)C(C)CC)C12. The highest BCUT2D eigenvalue weighted by Gasteiger charge is 2.48. The van der Waals surface area contributed by atoms with Crippen molar-refractivity contribution in [2.75, 3.05) is 13.7 Å². The lowest BCUT2D eigenvalue weighted by atomic mass is 9.83. The molecule has 2 aliphatic rings. The Bertz CT molecular complexity index is 691. The zero-order chi connectivity index (χ0) is 20.8. The summed E-state index contributed by atoms with van der Waals surface area (Å²) in [7, 11) is 1.42. The minimum absolute atomic E-state index is 0.147. The average Bonchev–Trinajstić information content (AvgIpc) is 2.97. The molecule has 1 saturated heterocycles. The second-order valence-corrected chi connectivity index (χ2v) is 7.13. The van der Waals surface area contributed by atoms with E-state index in [1.807, 2.05) is 6.92 Å². The maximum Gasteiger partial charge on any atom is 0.334 e. The predicted octanol–water partition coefficient (Wildman–Crippen LogP) is 1.89. The number of fused-ring (bicyclic) bond motifs is 1. The van der Waals surface area contributed by atoms with Gasteiger partial charge in [0.05, 0.1) is 18.4 Å². The van der Waals surface area contributed by atoms with Crippen molar-refractivity contribution in [1.29, 1.82) is 0 Å². The number of aldehydes is 1. The molecule has 7 heteroatoms. The summed E-state index contributed by atoms with van der Waals surface area (Å²) in [5, 5.41) is 9.63. The Morgan fingerprint density at radius 1 is 1.50 bits per heavy atom. The molecule has 0 radical (unpaired) electrons. The Balaban J connectivity index is 2.56. The summed E-state index contributed by atoms with van der Waals surface area (Å²) < 4.78 is 16.7. The average molecular weight is 392 g/mol. The smallest absolute Gasteiger partial charge is 0.334 e. The first-order chi connectivity index (χ1) is 13.4. The second-order valence-electron chi connectivity index (χ2n) is 7.13. The topological polar surface area (TPSA) is 99.1 Å². The molecule has 0 amide bonds. The number of allylic oxidation sites excluding steroid dienone is 1. The largest absolute Gasteiger partial charge is 0.458 e. The molecule has 0 saturated carbocycles. The van der Waals surface area contributed by atoms with Crippen LogP contribution >= 0.6 is 0 Å². The summed E-state index contributed by atoms with van der Waals surface area (Å²) in [6.07, 6.45) is 3.01. The van der Waals surface area contributed by atoms with Crippen LogP contribution in [0.3, 0.4) is 0 Å². The van der Waals surface area contributed by atoms with E-state index in [4.69, 9.17) is 14.2 Å². The summed E-state index contributed by atoms with van der Waals surface area (Å²) in [4.78, 5) is 36.5. The predicted molar refractivity (Wildman–Crippen MR) is 101 cm³/mol. The first-order valence-corrected chi connectivity index (χ1v) is 9.46. The van der Waals surface area contributed by atoms with Crippen molar-refractivity contribution in [3.05, 3.63) is 35.5 Å². The van der Waals surface area contributed by atoms with Crippen LogP contribution in [0.25, 0.3) is 0 Å². The number of ether oxygens (including phenoxy) is 3. The maximum absolute atomic E-state index is 12.6. The molecule has 1 heterocycles. The first-order valence-electron chi connectivity index (χ1n) is 9.46. The van der Waals surface area contributed by atoms with E-state index in [9.17, 15) is 19.5 Å². The molecular weight excluding hydrogens is 364 g/mol. The fourth-order valence-electron chi connectivity index (χ4n) is 3.43. The number of esters is 2. The minimum Gasteiger partial charge on any atom is -0.458 e. The molecule has 7 nitrogen and oxygen atoms in total. The highest BCUT2D eigenvalue weighted by Crippen LogP contribution is 2.37. The van der Waals surface area contributed by atoms with Crippen LogP contribution in [0.1, 0.15) is 33.1 Å². The van der Waals surface area contributed by atoms with E-state index < -0.39 is 36.2 Å². The van der Waals surface area contributed by atoms with Crippen molar-refractivity contribution in [1.82, 2.24) is 0 Å². The van der Waals surface area contributed by atoms with Gasteiger partial charge in [-0.25, -0.2) is 4.79 Å². The number of aliphatic hydroxyl groups excluding tert-OH is 1. The van der Waals surface area contributed by atoms with Crippen molar-refractivity contribution in [3.8, 4) is 0 Å². The molecule has 1 N–H and O–H groups in total. The molecular formula is C21H28O7. The monoisotopic (exact) mass is 392 g/mol. The molecule has 0 bridgehead atoms. The lowest BCUT2D eigenvalue weighted by Gasteiger charge is -2.33. The van der Waals surface area contributed by atoms with Crippen molar-refractivity contribution < 1.29 is 33.7 Å². The van der Waals surface area contributed by atoms with Crippen molar-refractivity contribution in [3.63, 3.8) is 0 Å². The number of hydrogen-bond acceptors (Lipinski definition) is 7. The van der Waals surface area contributed by atoms with Gasteiger partial charge in [-0.1, -0.05) is 26.5 Å². The number of rotatable bonds is 6. The molecule has 1 aliphatic heterocycles. The zero-order valence-corrected chi connectivity index (χ0v) is 16.6. The molecule has 2 rings (SSSR count). The molecule has 5 atom stereocenters. The molecule has 1 fully saturated rings. The van der Waals surface area contributed by atoms with E-state index in [1.54, 1.807) is 19.1 Å². The van der Waals surface area contributed by atoms with E-state index in [0.29, 0.717) is 36.7 Å². The lowest BCUT2D eigenvalue weighted by molar-refractivity contribution is -0.164. The van der Waals surface area contributed by atoms with Gasteiger partial charge in [-0.05, 0) is 30.9 Å². The summed E-state index contributed by atoms with van der Waals surface area (Å²) in [6.45, 7) is 7.22. The molecule has 0 aromatic rings. The number of aliphatic hydroxyl groups is 1. The van der Waals surface area contributed by atoms with Gasteiger partial charge >= 0.3 is 11.9 Å². The van der Waals surface area contributed by atoms with Crippen LogP contribution in [0.5, 0.6) is 0 Å². The van der Waals surface area contributed by atoms with Gasteiger partial charge in [-0.15, -0.1) is 0 Å². The summed E-state index contributed by atoms with van der Waals surface area (Å²) in [5.41, 5.74) is 1.13. The summed E-state index contributed by atoms with van der Waals surface area (Å²) >= 11 is 0. The van der Waals surface area contributed by atoms with Crippen molar-refractivity contribution in [2.45, 2.75) is 51.4 Å². The Morgan fingerprint density at radius 2 is 2.21 bits per heavy atom. The fourth-order valence-corrected chi connectivity index (χ4v) is 3.43. The van der Waals surface area contributed by atoms with Crippen LogP contribution in [0.4, 0.5) is 0 Å². The molecule has 0 aromatic carbocycles. The summed E-state index contributed by atoms with van der Waals surface area (Å²) in [5.74, 6) is -2.13. The first kappa shape index (κ1) is 22.0. The highest BCUT2D eigenvalue weighted by molar-refractivity contribution is 5.91. The maximum atomic E-state index is 12.6. The number of methoxy groups -OCH3 is 1. The number of hydrogen-bond donors (Lipinski definition) is 1. The normalized spacial score (nSPS) is 32.9. The molecule has 5 unspecified atom stereocenters. The van der Waals surface area contributed by atoms with Gasteiger partial charge in [0.15, 0.2) is 0 Å². The van der Waals surface area contributed by atoms with Crippen LogP contribution in [-0.2, 0) is 28.6 Å². The van der Waals surface area contributed by atoms with Crippen molar-refractivity contribution in [2.24, 2.45) is 11.8 Å². The van der Waals surface area contributed by atoms with Crippen LogP contribution < -0.4 is 0 Å². The van der Waals surface area contributed by atoms with E-state index >= 15 is 0 Å². The molecule has 0 aromatic heterocycles. The van der Waals surface area contributed by atoms with Gasteiger partial charge in [0, 0.05) is 18.3 Å². The van der Waals surface area contributed by atoms with Gasteiger partial charge < -0.3 is 19.3 Å². The molecule has 0 spiro atoms. The number of carbonyl (C=O) groups is 3. The van der Waals surface area contributed by atoms with Gasteiger partial charge in [0.25, 0.3) is 0 Å². The third-order valence-electron chi connectivity index (χ3n) is 5.35. The lowest BCUT2D eigenvalue weighted by Crippen LogP contribution is -2.44. The van der Waals surface area contributed by atoms with Gasteiger partial charge in [-0.3, -0.25) is 9.59 Å². The Morgan fingerprint density at radius 3 is 2.79 bits per heavy atom. The van der Waals surface area contributed by atoms with E-state index in [1.165, 1.54) is 7.11 Å². The standard InChI is InChI=1S/C21H28O7/c1-5-12(2)20(24)28-19-17-13(3)21(25)27-16(17)9-14(10-22)7-6-8-15(11-23)18(19)26-4/h8-9,11-12,16-19,22H,3,5-7,10H2,1-2,4H3/b14-9+,15-8-. The molecule has 1 aliphatic carbocycles. The van der Waals surface area contributed by atoms with Crippen LogP contribution in [0, 0.1) is 11.8 Å². The summed E-state index contributed by atoms with van der Waals surface area (Å²) in [6, 6.07) is 0. The zero-order valence-electron chi connectivity index (χ0n) is 16.6. The fraction of sp³-hybridized carbons (Fsp3) is 0.571. The van der Waals surface area contributed by atoms with Crippen LogP contribution in [0.2, 0.25) is 0 Å². The molecule has 28 heavy (non-hydrogen) atoms. The quantitative estimate of drug-likeness (QED) is 0.319. The van der Waals surface area contributed by atoms with Crippen molar-refractivity contribution >= 4 is 18.2 Å². The van der Waals surface area contributed by atoms with E-state index in [-0.39, 0.29) is 18.1 Å². The molecule has 154 valence electrons. The second kappa shape index (κ2) is 9.80. The van der Waals surface area contributed by atoms with Gasteiger partial charge in [0.1, 0.15) is 24.6 Å².